The van der Waals surface area contributed by atoms with E-state index in [9.17, 15) is 0 Å². The Hall–Kier alpha value is -1.61. The summed E-state index contributed by atoms with van der Waals surface area (Å²) in [5, 5.41) is 0. The highest BCUT2D eigenvalue weighted by molar-refractivity contribution is 7.99. The van der Waals surface area contributed by atoms with Crippen LogP contribution >= 0.6 is 11.8 Å². The van der Waals surface area contributed by atoms with Crippen molar-refractivity contribution in [2.45, 2.75) is 23.6 Å². The first-order chi connectivity index (χ1) is 8.60. The second-order valence-corrected chi connectivity index (χ2v) is 5.36. The highest BCUT2D eigenvalue weighted by atomic mass is 32.2. The first-order valence-electron chi connectivity index (χ1n) is 5.79. The number of ether oxygens (including phenoxy) is 1. The van der Waals surface area contributed by atoms with Crippen LogP contribution in [0.5, 0.6) is 5.75 Å². The number of benzene rings is 2. The number of nitrogen functional groups attached to an aromatic ring is 1. The molecule has 18 heavy (non-hydrogen) atoms. The number of aryl methyl sites for hydroxylation is 2. The van der Waals surface area contributed by atoms with E-state index in [2.05, 4.69) is 32.0 Å². The predicted molar refractivity (Wildman–Crippen MR) is 77.4 cm³/mol. The third-order valence-corrected chi connectivity index (χ3v) is 4.02. The van der Waals surface area contributed by atoms with Gasteiger partial charge in [0.05, 0.1) is 7.11 Å². The van der Waals surface area contributed by atoms with E-state index in [1.165, 1.54) is 16.0 Å². The molecule has 94 valence electrons. The fraction of sp³-hybridized carbons (Fsp3) is 0.200. The van der Waals surface area contributed by atoms with Gasteiger partial charge in [0.15, 0.2) is 0 Å². The van der Waals surface area contributed by atoms with Gasteiger partial charge in [0.25, 0.3) is 0 Å². The van der Waals surface area contributed by atoms with Crippen molar-refractivity contribution in [2.24, 2.45) is 0 Å². The number of nitrogens with two attached hydrogens (primary N) is 1. The van der Waals surface area contributed by atoms with Crippen molar-refractivity contribution in [2.75, 3.05) is 12.8 Å². The summed E-state index contributed by atoms with van der Waals surface area (Å²) in [6, 6.07) is 12.2. The van der Waals surface area contributed by atoms with E-state index in [1.807, 2.05) is 18.2 Å². The molecule has 0 atom stereocenters. The lowest BCUT2D eigenvalue weighted by Gasteiger charge is -2.10. The average Bonchev–Trinajstić information content (AvgIpc) is 2.36. The first kappa shape index (κ1) is 12.8. The zero-order valence-electron chi connectivity index (χ0n) is 10.9. The van der Waals surface area contributed by atoms with E-state index in [0.29, 0.717) is 0 Å². The molecule has 0 unspecified atom stereocenters. The minimum Gasteiger partial charge on any atom is -0.497 e. The zero-order chi connectivity index (χ0) is 13.1. The molecular weight excluding hydrogens is 242 g/mol. The van der Waals surface area contributed by atoms with Gasteiger partial charge in [-0.15, -0.1) is 0 Å². The fourth-order valence-electron chi connectivity index (χ4n) is 1.67. The summed E-state index contributed by atoms with van der Waals surface area (Å²) < 4.78 is 5.23. The molecule has 0 aromatic heterocycles. The summed E-state index contributed by atoms with van der Waals surface area (Å²) in [6.07, 6.45) is 0. The van der Waals surface area contributed by atoms with Gasteiger partial charge >= 0.3 is 0 Å². The summed E-state index contributed by atoms with van der Waals surface area (Å²) >= 11 is 1.68. The van der Waals surface area contributed by atoms with Gasteiger partial charge in [-0.1, -0.05) is 23.9 Å². The van der Waals surface area contributed by atoms with Crippen LogP contribution in [0.1, 0.15) is 11.1 Å². The molecule has 0 saturated carbocycles. The Labute approximate surface area is 112 Å². The monoisotopic (exact) mass is 259 g/mol. The van der Waals surface area contributed by atoms with E-state index in [4.69, 9.17) is 10.5 Å². The van der Waals surface area contributed by atoms with E-state index in [0.717, 1.165) is 16.3 Å². The van der Waals surface area contributed by atoms with Crippen LogP contribution < -0.4 is 10.5 Å². The van der Waals surface area contributed by atoms with Crippen LogP contribution in [0.25, 0.3) is 0 Å². The quantitative estimate of drug-likeness (QED) is 0.845. The number of hydrogen-bond donors (Lipinski definition) is 1. The van der Waals surface area contributed by atoms with E-state index >= 15 is 0 Å². The SMILES string of the molecule is COc1ccc(N)c(Sc2cc(C)ccc2C)c1. The summed E-state index contributed by atoms with van der Waals surface area (Å²) in [5.41, 5.74) is 9.29. The molecule has 2 aromatic rings. The Balaban J connectivity index is 2.36. The van der Waals surface area contributed by atoms with Crippen LogP contribution in [0.4, 0.5) is 5.69 Å². The number of anilines is 1. The molecule has 0 bridgehead atoms. The van der Waals surface area contributed by atoms with Crippen LogP contribution in [0.2, 0.25) is 0 Å². The summed E-state index contributed by atoms with van der Waals surface area (Å²) in [5.74, 6) is 0.831. The first-order valence-corrected chi connectivity index (χ1v) is 6.60. The third kappa shape index (κ3) is 2.79. The number of hydrogen-bond acceptors (Lipinski definition) is 3. The Morgan fingerprint density at radius 2 is 1.78 bits per heavy atom. The Morgan fingerprint density at radius 3 is 2.50 bits per heavy atom. The van der Waals surface area contributed by atoms with Crippen molar-refractivity contribution in [3.05, 3.63) is 47.5 Å². The van der Waals surface area contributed by atoms with Gasteiger partial charge in [0.1, 0.15) is 5.75 Å². The summed E-state index contributed by atoms with van der Waals surface area (Å²) in [7, 11) is 1.66. The molecule has 2 aromatic carbocycles. The molecule has 0 aliphatic rings. The predicted octanol–water partition coefficient (Wildman–Crippen LogP) is 4.05. The Bertz CT molecular complexity index is 566. The molecule has 2 N–H and O–H groups in total. The second-order valence-electron chi connectivity index (χ2n) is 4.27. The van der Waals surface area contributed by atoms with Crippen molar-refractivity contribution in [3.8, 4) is 5.75 Å². The topological polar surface area (TPSA) is 35.2 Å². The third-order valence-electron chi connectivity index (χ3n) is 2.78. The van der Waals surface area contributed by atoms with Crippen LogP contribution in [0.3, 0.4) is 0 Å². The van der Waals surface area contributed by atoms with Gasteiger partial charge in [-0.3, -0.25) is 0 Å². The molecule has 0 amide bonds. The molecule has 0 saturated heterocycles. The minimum atomic E-state index is 0.779. The Kier molecular flexibility index (Phi) is 3.82. The van der Waals surface area contributed by atoms with Crippen molar-refractivity contribution in [1.29, 1.82) is 0 Å². The highest BCUT2D eigenvalue weighted by Crippen LogP contribution is 2.36. The molecule has 0 radical (unpaired) electrons. The second kappa shape index (κ2) is 5.36. The van der Waals surface area contributed by atoms with Gasteiger partial charge in [-0.05, 0) is 49.2 Å². The fourth-order valence-corrected chi connectivity index (χ4v) is 2.74. The molecule has 0 aliphatic heterocycles. The van der Waals surface area contributed by atoms with Crippen LogP contribution in [-0.2, 0) is 0 Å². The number of methoxy groups -OCH3 is 1. The molecule has 0 fully saturated rings. The molecule has 2 nitrogen and oxygen atoms in total. The lowest BCUT2D eigenvalue weighted by atomic mass is 10.2. The maximum absolute atomic E-state index is 6.00. The summed E-state index contributed by atoms with van der Waals surface area (Å²) in [6.45, 7) is 4.20. The molecule has 0 spiro atoms. The zero-order valence-corrected chi connectivity index (χ0v) is 11.7. The van der Waals surface area contributed by atoms with Crippen LogP contribution in [0, 0.1) is 13.8 Å². The van der Waals surface area contributed by atoms with Gasteiger partial charge in [0, 0.05) is 15.5 Å². The highest BCUT2D eigenvalue weighted by Gasteiger charge is 2.06. The lowest BCUT2D eigenvalue weighted by molar-refractivity contribution is 0.414. The summed E-state index contributed by atoms with van der Waals surface area (Å²) in [4.78, 5) is 2.26. The average molecular weight is 259 g/mol. The van der Waals surface area contributed by atoms with Crippen LogP contribution in [0.15, 0.2) is 46.2 Å². The van der Waals surface area contributed by atoms with Crippen molar-refractivity contribution >= 4 is 17.4 Å². The van der Waals surface area contributed by atoms with Crippen molar-refractivity contribution in [1.82, 2.24) is 0 Å². The molecule has 2 rings (SSSR count). The Morgan fingerprint density at radius 1 is 1.00 bits per heavy atom. The van der Waals surface area contributed by atoms with E-state index in [-0.39, 0.29) is 0 Å². The molecule has 3 heteroatoms. The lowest BCUT2D eigenvalue weighted by Crippen LogP contribution is -1.91. The van der Waals surface area contributed by atoms with Gasteiger partial charge in [-0.25, -0.2) is 0 Å². The van der Waals surface area contributed by atoms with Gasteiger partial charge in [-0.2, -0.15) is 0 Å². The van der Waals surface area contributed by atoms with Crippen molar-refractivity contribution < 1.29 is 4.74 Å². The van der Waals surface area contributed by atoms with Crippen LogP contribution in [-0.4, -0.2) is 7.11 Å². The maximum atomic E-state index is 6.00. The largest absolute Gasteiger partial charge is 0.497 e. The minimum absolute atomic E-state index is 0.779. The maximum Gasteiger partial charge on any atom is 0.120 e. The van der Waals surface area contributed by atoms with Gasteiger partial charge in [0.2, 0.25) is 0 Å². The molecule has 0 heterocycles. The van der Waals surface area contributed by atoms with Crippen molar-refractivity contribution in [3.63, 3.8) is 0 Å². The van der Waals surface area contributed by atoms with E-state index < -0.39 is 0 Å². The van der Waals surface area contributed by atoms with Gasteiger partial charge < -0.3 is 10.5 Å². The normalized spacial score (nSPS) is 10.4. The smallest absolute Gasteiger partial charge is 0.120 e. The standard InChI is InChI=1S/C15H17NOS/c1-10-4-5-11(2)14(8-10)18-15-9-12(17-3)6-7-13(15)16/h4-9H,16H2,1-3H3. The van der Waals surface area contributed by atoms with E-state index in [1.54, 1.807) is 18.9 Å². The molecular formula is C15H17NOS. The molecule has 0 aliphatic carbocycles. The number of rotatable bonds is 3.